The summed E-state index contributed by atoms with van der Waals surface area (Å²) in [5, 5.41) is 11.9. The Morgan fingerprint density at radius 3 is 2.64 bits per heavy atom. The van der Waals surface area contributed by atoms with Crippen molar-refractivity contribution in [2.75, 3.05) is 6.61 Å². The van der Waals surface area contributed by atoms with Crippen molar-refractivity contribution in [1.82, 2.24) is 14.9 Å². The molecule has 28 heavy (non-hydrogen) atoms. The molecule has 0 radical (unpaired) electrons. The molecular weight excluding hydrogens is 362 g/mol. The van der Waals surface area contributed by atoms with Gasteiger partial charge in [-0.3, -0.25) is 0 Å². The molecule has 0 fully saturated rings. The van der Waals surface area contributed by atoms with Crippen LogP contribution in [-0.2, 0) is 22.5 Å². The molecule has 0 bridgehead atoms. The number of amides is 1. The highest BCUT2D eigenvalue weighted by molar-refractivity contribution is 5.80. The molecule has 1 atom stereocenters. The Labute approximate surface area is 164 Å². The molecule has 0 aliphatic heterocycles. The fourth-order valence-electron chi connectivity index (χ4n) is 2.64. The molecule has 152 valence electrons. The number of carbonyl (C=O) groups is 2. The third-order valence-corrected chi connectivity index (χ3v) is 3.77. The Balaban J connectivity index is 2.17. The van der Waals surface area contributed by atoms with Gasteiger partial charge >= 0.3 is 12.1 Å². The maximum absolute atomic E-state index is 12.0. The lowest BCUT2D eigenvalue weighted by atomic mass is 10.0. The molecular formula is C20H27N3O5. The number of ether oxygens (including phenoxy) is 2. The van der Waals surface area contributed by atoms with Crippen LogP contribution < -0.4 is 10.1 Å². The van der Waals surface area contributed by atoms with E-state index in [4.69, 9.17) is 9.47 Å². The number of carbonyl (C=O) groups excluding carboxylic acids is 1. The van der Waals surface area contributed by atoms with Gasteiger partial charge in [0, 0.05) is 24.4 Å². The van der Waals surface area contributed by atoms with Crippen molar-refractivity contribution in [1.29, 1.82) is 0 Å². The van der Waals surface area contributed by atoms with Crippen LogP contribution in [-0.4, -0.2) is 45.0 Å². The molecule has 0 saturated carbocycles. The molecule has 0 spiro atoms. The lowest BCUT2D eigenvalue weighted by Gasteiger charge is -2.22. The number of carboxylic acid groups (broad SMARTS) is 1. The number of nitrogens with zero attached hydrogens (tertiary/aromatic N) is 2. The summed E-state index contributed by atoms with van der Waals surface area (Å²) in [7, 11) is 0. The fraction of sp³-hybridized carbons (Fsp3) is 0.450. The van der Waals surface area contributed by atoms with Crippen molar-refractivity contribution in [2.45, 2.75) is 52.3 Å². The summed E-state index contributed by atoms with van der Waals surface area (Å²) >= 11 is 0. The standard InChI is InChI=1S/C20H27N3O5/c1-5-27-17-7-6-14(10-15(17)12-23-9-8-21-13-23)11-16(18(24)25)22-19(26)28-20(2,3)4/h6-10,13,16H,5,11-12H2,1-4H3,(H,22,26)(H,24,25). The minimum Gasteiger partial charge on any atom is -0.494 e. The van der Waals surface area contributed by atoms with Crippen LogP contribution in [0.25, 0.3) is 0 Å². The van der Waals surface area contributed by atoms with E-state index in [1.54, 1.807) is 39.4 Å². The van der Waals surface area contributed by atoms with Crippen molar-refractivity contribution in [3.63, 3.8) is 0 Å². The Morgan fingerprint density at radius 1 is 1.32 bits per heavy atom. The summed E-state index contributed by atoms with van der Waals surface area (Å²) in [5.74, 6) is -0.400. The van der Waals surface area contributed by atoms with Crippen LogP contribution in [0, 0.1) is 0 Å². The third kappa shape index (κ3) is 6.61. The van der Waals surface area contributed by atoms with Crippen LogP contribution in [0.2, 0.25) is 0 Å². The van der Waals surface area contributed by atoms with E-state index in [1.807, 2.05) is 29.8 Å². The van der Waals surface area contributed by atoms with Crippen LogP contribution in [0.3, 0.4) is 0 Å². The normalized spacial score (nSPS) is 12.3. The van der Waals surface area contributed by atoms with Gasteiger partial charge in [0.15, 0.2) is 0 Å². The van der Waals surface area contributed by atoms with Gasteiger partial charge in [-0.1, -0.05) is 12.1 Å². The maximum Gasteiger partial charge on any atom is 0.408 e. The SMILES string of the molecule is CCOc1ccc(CC(NC(=O)OC(C)(C)C)C(=O)O)cc1Cn1ccnc1. The van der Waals surface area contributed by atoms with Gasteiger partial charge in [-0.2, -0.15) is 0 Å². The number of alkyl carbamates (subject to hydrolysis) is 1. The molecule has 1 amide bonds. The number of rotatable bonds is 8. The number of nitrogens with one attached hydrogen (secondary N) is 1. The minimum atomic E-state index is -1.13. The van der Waals surface area contributed by atoms with Crippen molar-refractivity contribution in [3.8, 4) is 5.75 Å². The summed E-state index contributed by atoms with van der Waals surface area (Å²) in [6.45, 7) is 8.13. The Morgan fingerprint density at radius 2 is 2.07 bits per heavy atom. The lowest BCUT2D eigenvalue weighted by Crippen LogP contribution is -2.44. The van der Waals surface area contributed by atoms with Gasteiger partial charge in [0.1, 0.15) is 17.4 Å². The molecule has 2 N–H and O–H groups in total. The zero-order valence-corrected chi connectivity index (χ0v) is 16.6. The zero-order valence-electron chi connectivity index (χ0n) is 16.6. The van der Waals surface area contributed by atoms with Crippen molar-refractivity contribution >= 4 is 12.1 Å². The number of carboxylic acids is 1. The van der Waals surface area contributed by atoms with E-state index in [-0.39, 0.29) is 6.42 Å². The first kappa shape index (κ1) is 21.3. The van der Waals surface area contributed by atoms with E-state index in [0.717, 1.165) is 16.9 Å². The summed E-state index contributed by atoms with van der Waals surface area (Å²) in [6, 6.07) is 4.40. The van der Waals surface area contributed by atoms with Crippen LogP contribution in [0.15, 0.2) is 36.9 Å². The summed E-state index contributed by atoms with van der Waals surface area (Å²) in [5.41, 5.74) is 0.963. The van der Waals surface area contributed by atoms with E-state index in [0.29, 0.717) is 13.2 Å². The van der Waals surface area contributed by atoms with Crippen molar-refractivity contribution < 1.29 is 24.2 Å². The van der Waals surface area contributed by atoms with E-state index < -0.39 is 23.7 Å². The van der Waals surface area contributed by atoms with Crippen molar-refractivity contribution in [2.24, 2.45) is 0 Å². The van der Waals surface area contributed by atoms with E-state index in [1.165, 1.54) is 0 Å². The molecule has 0 saturated heterocycles. The Hall–Kier alpha value is -3.03. The van der Waals surface area contributed by atoms with Crippen molar-refractivity contribution in [3.05, 3.63) is 48.0 Å². The molecule has 1 aromatic carbocycles. The van der Waals surface area contributed by atoms with Gasteiger partial charge in [0.25, 0.3) is 0 Å². The lowest BCUT2D eigenvalue weighted by molar-refractivity contribution is -0.139. The Bertz CT molecular complexity index is 797. The average molecular weight is 389 g/mol. The maximum atomic E-state index is 12.0. The average Bonchev–Trinajstić information content (AvgIpc) is 3.08. The predicted molar refractivity (Wildman–Crippen MR) is 103 cm³/mol. The molecule has 0 aliphatic rings. The van der Waals surface area contributed by atoms with Gasteiger partial charge in [-0.15, -0.1) is 0 Å². The smallest absolute Gasteiger partial charge is 0.408 e. The predicted octanol–water partition coefficient (Wildman–Crippen LogP) is 2.85. The first-order chi connectivity index (χ1) is 13.2. The first-order valence-corrected chi connectivity index (χ1v) is 9.10. The second-order valence-corrected chi connectivity index (χ2v) is 7.35. The molecule has 2 aromatic rings. The second-order valence-electron chi connectivity index (χ2n) is 7.35. The number of imidazole rings is 1. The van der Waals surface area contributed by atoms with E-state index >= 15 is 0 Å². The fourth-order valence-corrected chi connectivity index (χ4v) is 2.64. The molecule has 1 unspecified atom stereocenters. The van der Waals surface area contributed by atoms with Gasteiger partial charge in [-0.25, -0.2) is 14.6 Å². The number of hydrogen-bond acceptors (Lipinski definition) is 5. The van der Waals surface area contributed by atoms with Gasteiger partial charge in [0.2, 0.25) is 0 Å². The third-order valence-electron chi connectivity index (χ3n) is 3.77. The molecule has 1 heterocycles. The first-order valence-electron chi connectivity index (χ1n) is 9.10. The topological polar surface area (TPSA) is 103 Å². The van der Waals surface area contributed by atoms with E-state index in [2.05, 4.69) is 10.3 Å². The van der Waals surface area contributed by atoms with Gasteiger partial charge < -0.3 is 24.5 Å². The number of aromatic nitrogens is 2. The quantitative estimate of drug-likeness (QED) is 0.720. The van der Waals surface area contributed by atoms with E-state index in [9.17, 15) is 14.7 Å². The van der Waals surface area contributed by atoms with Crippen LogP contribution in [0.1, 0.15) is 38.8 Å². The van der Waals surface area contributed by atoms with Crippen LogP contribution in [0.4, 0.5) is 4.79 Å². The monoisotopic (exact) mass is 389 g/mol. The highest BCUT2D eigenvalue weighted by Gasteiger charge is 2.24. The summed E-state index contributed by atoms with van der Waals surface area (Å²) in [6.07, 6.45) is 4.59. The molecule has 0 aliphatic carbocycles. The molecule has 1 aromatic heterocycles. The largest absolute Gasteiger partial charge is 0.494 e. The number of hydrogen-bond donors (Lipinski definition) is 2. The minimum absolute atomic E-state index is 0.123. The zero-order chi connectivity index (χ0) is 20.7. The molecule has 2 rings (SSSR count). The van der Waals surface area contributed by atoms with Crippen LogP contribution >= 0.6 is 0 Å². The highest BCUT2D eigenvalue weighted by atomic mass is 16.6. The number of benzene rings is 1. The highest BCUT2D eigenvalue weighted by Crippen LogP contribution is 2.22. The summed E-state index contributed by atoms with van der Waals surface area (Å²) in [4.78, 5) is 27.6. The number of aliphatic carboxylic acids is 1. The summed E-state index contributed by atoms with van der Waals surface area (Å²) < 4.78 is 12.7. The Kier molecular flexibility index (Phi) is 7.03. The van der Waals surface area contributed by atoms with Crippen LogP contribution in [0.5, 0.6) is 5.75 Å². The second kappa shape index (κ2) is 9.25. The molecule has 8 nitrogen and oxygen atoms in total. The molecule has 8 heteroatoms. The van der Waals surface area contributed by atoms with Gasteiger partial charge in [-0.05, 0) is 39.3 Å². The van der Waals surface area contributed by atoms with Gasteiger partial charge in [0.05, 0.1) is 19.5 Å².